The number of esters is 1. The van der Waals surface area contributed by atoms with Crippen molar-refractivity contribution < 1.29 is 23.9 Å². The zero-order valence-corrected chi connectivity index (χ0v) is 13.6. The number of piperidine rings is 1. The van der Waals surface area contributed by atoms with Gasteiger partial charge in [-0.05, 0) is 5.56 Å². The van der Waals surface area contributed by atoms with E-state index in [0.717, 1.165) is 22.9 Å². The molecule has 3 heterocycles. The molecule has 1 aromatic rings. The number of hydrogen-bond donors (Lipinski definition) is 1. The van der Waals surface area contributed by atoms with Gasteiger partial charge in [-0.2, -0.15) is 0 Å². The van der Waals surface area contributed by atoms with E-state index in [9.17, 15) is 9.90 Å². The summed E-state index contributed by atoms with van der Waals surface area (Å²) in [6, 6.07) is 10.2. The predicted molar refractivity (Wildman–Crippen MR) is 83.7 cm³/mol. The van der Waals surface area contributed by atoms with Crippen LogP contribution in [-0.2, 0) is 14.3 Å². The van der Waals surface area contributed by atoms with Gasteiger partial charge in [0.2, 0.25) is 0 Å². The highest BCUT2D eigenvalue weighted by Gasteiger charge is 2.70. The lowest BCUT2D eigenvalue weighted by molar-refractivity contribution is -0.938. The molecule has 3 aliphatic rings. The summed E-state index contributed by atoms with van der Waals surface area (Å²) in [5.41, 5.74) is 0.807. The predicted octanol–water partition coefficient (Wildman–Crippen LogP) is 1.06. The first-order valence-corrected chi connectivity index (χ1v) is 8.37. The molecule has 4 rings (SSSR count). The average Bonchev–Trinajstić information content (AvgIpc) is 3.27. The molecule has 4 unspecified atom stereocenters. The van der Waals surface area contributed by atoms with E-state index in [2.05, 4.69) is 14.1 Å². The van der Waals surface area contributed by atoms with Gasteiger partial charge < -0.3 is 19.1 Å². The van der Waals surface area contributed by atoms with Crippen LogP contribution in [0.2, 0.25) is 0 Å². The van der Waals surface area contributed by atoms with Crippen molar-refractivity contribution >= 4 is 5.97 Å². The van der Waals surface area contributed by atoms with E-state index in [1.165, 1.54) is 0 Å². The second kappa shape index (κ2) is 5.30. The molecule has 0 aliphatic carbocycles. The first-order valence-electron chi connectivity index (χ1n) is 8.37. The lowest BCUT2D eigenvalue weighted by atomic mass is 9.95. The molecule has 3 aliphatic heterocycles. The summed E-state index contributed by atoms with van der Waals surface area (Å²) < 4.78 is 12.5. The first-order chi connectivity index (χ1) is 11.0. The van der Waals surface area contributed by atoms with Crippen LogP contribution in [0.5, 0.6) is 0 Å². The molecule has 5 nitrogen and oxygen atoms in total. The van der Waals surface area contributed by atoms with Crippen LogP contribution in [0, 0.1) is 0 Å². The third kappa shape index (κ3) is 2.38. The van der Waals surface area contributed by atoms with Gasteiger partial charge in [0.05, 0.1) is 20.7 Å². The number of aliphatic hydroxyl groups is 1. The van der Waals surface area contributed by atoms with E-state index in [1.807, 2.05) is 30.3 Å². The third-order valence-corrected chi connectivity index (χ3v) is 5.99. The molecular formula is C18H24NO4+. The number of benzene rings is 1. The number of nitrogens with zero attached hydrogens (tertiary/aromatic N) is 1. The van der Waals surface area contributed by atoms with E-state index in [1.54, 1.807) is 0 Å². The number of quaternary nitrogens is 1. The molecule has 0 spiro atoms. The molecule has 1 N–H and O–H groups in total. The number of hydrogen-bond acceptors (Lipinski definition) is 4. The van der Waals surface area contributed by atoms with Crippen LogP contribution in [0.25, 0.3) is 0 Å². The Bertz CT molecular complexity index is 582. The Morgan fingerprint density at radius 2 is 1.87 bits per heavy atom. The van der Waals surface area contributed by atoms with Crippen molar-refractivity contribution in [2.24, 2.45) is 0 Å². The van der Waals surface area contributed by atoms with Gasteiger partial charge in [0.15, 0.2) is 0 Å². The summed E-state index contributed by atoms with van der Waals surface area (Å²) >= 11 is 0. The Kier molecular flexibility index (Phi) is 3.48. The molecule has 0 radical (unpaired) electrons. The van der Waals surface area contributed by atoms with Gasteiger partial charge in [-0.3, -0.25) is 4.79 Å². The fourth-order valence-electron chi connectivity index (χ4n) is 4.55. The largest absolute Gasteiger partial charge is 0.461 e. The fourth-order valence-corrected chi connectivity index (χ4v) is 4.55. The lowest BCUT2D eigenvalue weighted by Crippen LogP contribution is -2.60. The number of aliphatic hydroxyl groups excluding tert-OH is 1. The normalized spacial score (nSPS) is 37.8. The maximum atomic E-state index is 12.5. The Hall–Kier alpha value is -1.43. The zero-order valence-electron chi connectivity index (χ0n) is 13.6. The molecule has 0 saturated carbocycles. The first kappa shape index (κ1) is 15.1. The molecule has 124 valence electrons. The number of likely N-dealkylation sites (N-methyl/N-ethyl adjacent to an activating group) is 1. The minimum Gasteiger partial charge on any atom is -0.461 e. The highest BCUT2D eigenvalue weighted by Crippen LogP contribution is 2.51. The van der Waals surface area contributed by atoms with E-state index in [0.29, 0.717) is 24.3 Å². The monoisotopic (exact) mass is 318 g/mol. The molecule has 0 aromatic heterocycles. The van der Waals surface area contributed by atoms with Crippen LogP contribution in [-0.4, -0.2) is 66.7 Å². The topological polar surface area (TPSA) is 59.1 Å². The molecule has 1 aromatic carbocycles. The summed E-state index contributed by atoms with van der Waals surface area (Å²) in [5, 5.41) is 9.60. The number of morpholine rings is 1. The van der Waals surface area contributed by atoms with Crippen LogP contribution < -0.4 is 0 Å². The molecule has 2 bridgehead atoms. The maximum Gasteiger partial charge on any atom is 0.316 e. The Morgan fingerprint density at radius 1 is 1.26 bits per heavy atom. The molecule has 3 fully saturated rings. The Morgan fingerprint density at radius 3 is 2.43 bits per heavy atom. The summed E-state index contributed by atoms with van der Waals surface area (Å²) in [6.45, 7) is -0.224. The van der Waals surface area contributed by atoms with E-state index >= 15 is 0 Å². The Balaban J connectivity index is 1.44. The van der Waals surface area contributed by atoms with Gasteiger partial charge in [-0.15, -0.1) is 0 Å². The van der Waals surface area contributed by atoms with Crippen molar-refractivity contribution in [3.05, 3.63) is 35.9 Å². The Labute approximate surface area is 136 Å². The molecule has 3 saturated heterocycles. The lowest BCUT2D eigenvalue weighted by Gasteiger charge is -2.45. The van der Waals surface area contributed by atoms with Crippen molar-refractivity contribution in [2.45, 2.75) is 49.2 Å². The van der Waals surface area contributed by atoms with Crippen molar-refractivity contribution in [3.8, 4) is 0 Å². The summed E-state index contributed by atoms with van der Waals surface area (Å²) in [6.07, 6.45) is 2.34. The van der Waals surface area contributed by atoms with Crippen LogP contribution in [0.4, 0.5) is 0 Å². The minimum absolute atomic E-state index is 0.0576. The molecule has 0 amide bonds. The van der Waals surface area contributed by atoms with Crippen LogP contribution in [0.3, 0.4) is 0 Å². The summed E-state index contributed by atoms with van der Waals surface area (Å²) in [5.74, 6) is -0.908. The number of epoxide rings is 1. The van der Waals surface area contributed by atoms with Crippen molar-refractivity contribution in [3.63, 3.8) is 0 Å². The zero-order chi connectivity index (χ0) is 16.2. The minimum atomic E-state index is -0.593. The third-order valence-electron chi connectivity index (χ3n) is 5.99. The highest BCUT2D eigenvalue weighted by molar-refractivity contribution is 5.78. The van der Waals surface area contributed by atoms with Crippen molar-refractivity contribution in [2.75, 3.05) is 20.7 Å². The molecule has 6 atom stereocenters. The van der Waals surface area contributed by atoms with Crippen LogP contribution >= 0.6 is 0 Å². The molecular weight excluding hydrogens is 294 g/mol. The molecule has 5 heteroatoms. The van der Waals surface area contributed by atoms with Gasteiger partial charge >= 0.3 is 5.97 Å². The maximum absolute atomic E-state index is 12.5. The number of fused-ring (bicyclic) bond motifs is 5. The highest BCUT2D eigenvalue weighted by atomic mass is 16.6. The van der Waals surface area contributed by atoms with Gasteiger partial charge in [0.25, 0.3) is 0 Å². The summed E-state index contributed by atoms with van der Waals surface area (Å²) in [4.78, 5) is 12.5. The van der Waals surface area contributed by atoms with Gasteiger partial charge in [-0.25, -0.2) is 0 Å². The quantitative estimate of drug-likeness (QED) is 0.512. The number of ether oxygens (including phenoxy) is 2. The van der Waals surface area contributed by atoms with Crippen LogP contribution in [0.1, 0.15) is 24.3 Å². The van der Waals surface area contributed by atoms with Crippen molar-refractivity contribution in [1.29, 1.82) is 0 Å². The molecule has 23 heavy (non-hydrogen) atoms. The van der Waals surface area contributed by atoms with E-state index < -0.39 is 5.92 Å². The average molecular weight is 318 g/mol. The number of carbonyl (C=O) groups is 1. The number of rotatable bonds is 4. The van der Waals surface area contributed by atoms with Gasteiger partial charge in [0, 0.05) is 12.8 Å². The van der Waals surface area contributed by atoms with Crippen molar-refractivity contribution in [1.82, 2.24) is 0 Å². The SMILES string of the molecule is C[N+]1(C)C2CC(OC(=O)[C@H](CO)c3ccccc3)CC1[C@H]1OC21. The second-order valence-electron chi connectivity index (χ2n) is 7.51. The second-order valence-corrected chi connectivity index (χ2v) is 7.51. The smallest absolute Gasteiger partial charge is 0.316 e. The summed E-state index contributed by atoms with van der Waals surface area (Å²) in [7, 11) is 4.51. The van der Waals surface area contributed by atoms with Gasteiger partial charge in [0.1, 0.15) is 36.3 Å². The number of carbonyl (C=O) groups excluding carboxylic acids is 1. The van der Waals surface area contributed by atoms with E-state index in [4.69, 9.17) is 9.47 Å². The fraction of sp³-hybridized carbons (Fsp3) is 0.611. The van der Waals surface area contributed by atoms with Crippen LogP contribution in [0.15, 0.2) is 30.3 Å². The van der Waals surface area contributed by atoms with E-state index in [-0.39, 0.29) is 18.7 Å². The standard InChI is InChI=1S/C18H24NO4/c1-19(2)14-8-12(9-15(19)17-16(14)23-17)22-18(21)13(10-20)11-6-4-3-5-7-11/h3-7,12-17,20H,8-10H2,1-2H3/q+1/t12?,13-,14?,15?,16-,17?/m1/s1. The van der Waals surface area contributed by atoms with Gasteiger partial charge in [-0.1, -0.05) is 30.3 Å².